The van der Waals surface area contributed by atoms with Crippen LogP contribution in [0.25, 0.3) is 0 Å². The van der Waals surface area contributed by atoms with Gasteiger partial charge in [0.2, 0.25) is 0 Å². The zero-order chi connectivity index (χ0) is 13.8. The van der Waals surface area contributed by atoms with Crippen molar-refractivity contribution in [3.05, 3.63) is 33.8 Å². The number of halogens is 1. The topological polar surface area (TPSA) is 32.3 Å². The fourth-order valence-corrected chi connectivity index (χ4v) is 3.14. The number of benzene rings is 1. The summed E-state index contributed by atoms with van der Waals surface area (Å²) in [4.78, 5) is 14.5. The summed E-state index contributed by atoms with van der Waals surface area (Å²) in [5.41, 5.74) is 1.87. The van der Waals surface area contributed by atoms with Gasteiger partial charge in [0.25, 0.3) is 5.91 Å². The normalized spacial score (nSPS) is 16.7. The summed E-state index contributed by atoms with van der Waals surface area (Å²) in [6, 6.07) is 5.86. The molecule has 1 aromatic carbocycles. The lowest BCUT2D eigenvalue weighted by Gasteiger charge is -2.32. The van der Waals surface area contributed by atoms with E-state index in [0.29, 0.717) is 5.92 Å². The zero-order valence-electron chi connectivity index (χ0n) is 11.6. The number of hydrogen-bond acceptors (Lipinski definition) is 2. The third-order valence-corrected chi connectivity index (χ3v) is 4.31. The van der Waals surface area contributed by atoms with Crippen LogP contribution in [-0.2, 0) is 0 Å². The van der Waals surface area contributed by atoms with Gasteiger partial charge in [-0.25, -0.2) is 0 Å². The van der Waals surface area contributed by atoms with Crippen LogP contribution in [0.2, 0.25) is 0 Å². The lowest BCUT2D eigenvalue weighted by atomic mass is 9.96. The molecule has 0 atom stereocenters. The molecule has 1 amide bonds. The number of likely N-dealkylation sites (tertiary alicyclic amines) is 1. The van der Waals surface area contributed by atoms with Gasteiger partial charge in [0.05, 0.1) is 0 Å². The molecule has 0 radical (unpaired) electrons. The first-order chi connectivity index (χ1) is 9.11. The molecule has 0 spiro atoms. The fourth-order valence-electron chi connectivity index (χ4n) is 2.67. The van der Waals surface area contributed by atoms with E-state index < -0.39 is 0 Å². The number of hydrogen-bond donors (Lipinski definition) is 1. The maximum absolute atomic E-state index is 12.5. The van der Waals surface area contributed by atoms with Gasteiger partial charge in [0.15, 0.2) is 0 Å². The molecule has 3 nitrogen and oxygen atoms in total. The van der Waals surface area contributed by atoms with Crippen LogP contribution in [-0.4, -0.2) is 37.5 Å². The average Bonchev–Trinajstić information content (AvgIpc) is 2.39. The average molecular weight is 325 g/mol. The lowest BCUT2D eigenvalue weighted by molar-refractivity contribution is 0.0690. The van der Waals surface area contributed by atoms with Gasteiger partial charge in [-0.05, 0) is 63.0 Å². The Morgan fingerprint density at radius 1 is 1.42 bits per heavy atom. The van der Waals surface area contributed by atoms with Crippen LogP contribution in [0.3, 0.4) is 0 Å². The molecule has 19 heavy (non-hydrogen) atoms. The summed E-state index contributed by atoms with van der Waals surface area (Å²) >= 11 is 3.43. The first kappa shape index (κ1) is 14.5. The molecule has 1 saturated heterocycles. The van der Waals surface area contributed by atoms with E-state index in [4.69, 9.17) is 0 Å². The van der Waals surface area contributed by atoms with E-state index in [9.17, 15) is 4.79 Å². The molecule has 1 fully saturated rings. The van der Waals surface area contributed by atoms with E-state index in [1.165, 1.54) is 0 Å². The van der Waals surface area contributed by atoms with Gasteiger partial charge in [-0.15, -0.1) is 0 Å². The van der Waals surface area contributed by atoms with E-state index in [-0.39, 0.29) is 5.91 Å². The Balaban J connectivity index is 2.01. The number of nitrogens with one attached hydrogen (secondary N) is 1. The lowest BCUT2D eigenvalue weighted by Crippen LogP contribution is -2.40. The van der Waals surface area contributed by atoms with Gasteiger partial charge in [0.1, 0.15) is 0 Å². The first-order valence-corrected chi connectivity index (χ1v) is 7.61. The predicted octanol–water partition coefficient (Wildman–Crippen LogP) is 2.83. The standard InChI is InChI=1S/C15H21BrN2O/c1-11-9-13(16)3-4-14(11)15(19)18-7-5-12(6-8-18)10-17-2/h3-4,9,12,17H,5-8,10H2,1-2H3. The molecule has 104 valence electrons. The molecule has 1 aromatic rings. The Hall–Kier alpha value is -0.870. The number of aryl methyl sites for hydroxylation is 1. The maximum atomic E-state index is 12.5. The van der Waals surface area contributed by atoms with Crippen molar-refractivity contribution >= 4 is 21.8 Å². The Bertz CT molecular complexity index is 453. The number of carbonyl (C=O) groups excluding carboxylic acids is 1. The highest BCUT2D eigenvalue weighted by Gasteiger charge is 2.23. The molecule has 1 N–H and O–H groups in total. The van der Waals surface area contributed by atoms with Gasteiger partial charge < -0.3 is 10.2 Å². The molecule has 0 saturated carbocycles. The summed E-state index contributed by atoms with van der Waals surface area (Å²) in [7, 11) is 1.99. The van der Waals surface area contributed by atoms with Crippen molar-refractivity contribution in [2.75, 3.05) is 26.7 Å². The second kappa shape index (κ2) is 6.53. The van der Waals surface area contributed by atoms with Crippen molar-refractivity contribution in [1.82, 2.24) is 10.2 Å². The SMILES string of the molecule is CNCC1CCN(C(=O)c2ccc(Br)cc2C)CC1. The number of rotatable bonds is 3. The monoisotopic (exact) mass is 324 g/mol. The molecule has 0 aromatic heterocycles. The van der Waals surface area contributed by atoms with Crippen molar-refractivity contribution in [3.63, 3.8) is 0 Å². The Labute approximate surface area is 123 Å². The Morgan fingerprint density at radius 3 is 2.68 bits per heavy atom. The van der Waals surface area contributed by atoms with Crippen LogP contribution in [0.15, 0.2) is 22.7 Å². The minimum atomic E-state index is 0.174. The van der Waals surface area contributed by atoms with E-state index in [0.717, 1.165) is 48.1 Å². The third kappa shape index (κ3) is 3.57. The smallest absolute Gasteiger partial charge is 0.254 e. The first-order valence-electron chi connectivity index (χ1n) is 6.82. The molecule has 1 aliphatic rings. The molecule has 1 heterocycles. The van der Waals surface area contributed by atoms with Crippen LogP contribution in [0.1, 0.15) is 28.8 Å². The summed E-state index contributed by atoms with van der Waals surface area (Å²) in [6.07, 6.45) is 2.20. The van der Waals surface area contributed by atoms with Gasteiger partial charge in [-0.2, -0.15) is 0 Å². The largest absolute Gasteiger partial charge is 0.339 e. The number of piperidine rings is 1. The molecule has 0 unspecified atom stereocenters. The summed E-state index contributed by atoms with van der Waals surface area (Å²) in [5, 5.41) is 3.22. The van der Waals surface area contributed by atoms with E-state index in [1.807, 2.05) is 37.1 Å². The van der Waals surface area contributed by atoms with Crippen LogP contribution >= 0.6 is 15.9 Å². The van der Waals surface area contributed by atoms with Crippen molar-refractivity contribution in [3.8, 4) is 0 Å². The number of carbonyl (C=O) groups is 1. The summed E-state index contributed by atoms with van der Waals surface area (Å²) in [5.74, 6) is 0.882. The molecule has 0 bridgehead atoms. The second-order valence-corrected chi connectivity index (χ2v) is 6.17. The quantitative estimate of drug-likeness (QED) is 0.927. The molecule has 4 heteroatoms. The van der Waals surface area contributed by atoms with E-state index >= 15 is 0 Å². The highest BCUT2D eigenvalue weighted by atomic mass is 79.9. The highest BCUT2D eigenvalue weighted by molar-refractivity contribution is 9.10. The molecule has 1 aliphatic heterocycles. The summed E-state index contributed by atoms with van der Waals surface area (Å²) in [6.45, 7) is 4.80. The van der Waals surface area contributed by atoms with Crippen molar-refractivity contribution < 1.29 is 4.79 Å². The minimum Gasteiger partial charge on any atom is -0.339 e. The van der Waals surface area contributed by atoms with E-state index in [2.05, 4.69) is 21.2 Å². The fraction of sp³-hybridized carbons (Fsp3) is 0.533. The van der Waals surface area contributed by atoms with Gasteiger partial charge >= 0.3 is 0 Å². The van der Waals surface area contributed by atoms with Gasteiger partial charge in [-0.3, -0.25) is 4.79 Å². The highest BCUT2D eigenvalue weighted by Crippen LogP contribution is 2.21. The van der Waals surface area contributed by atoms with Crippen molar-refractivity contribution in [2.24, 2.45) is 5.92 Å². The summed E-state index contributed by atoms with van der Waals surface area (Å²) < 4.78 is 1.02. The second-order valence-electron chi connectivity index (χ2n) is 5.25. The van der Waals surface area contributed by atoms with E-state index in [1.54, 1.807) is 0 Å². The van der Waals surface area contributed by atoms with Crippen LogP contribution in [0.5, 0.6) is 0 Å². The van der Waals surface area contributed by atoms with Crippen LogP contribution in [0, 0.1) is 12.8 Å². The Kier molecular flexibility index (Phi) is 4.99. The molecule has 2 rings (SSSR count). The van der Waals surface area contributed by atoms with Gasteiger partial charge in [-0.1, -0.05) is 15.9 Å². The molecular formula is C15H21BrN2O. The minimum absolute atomic E-state index is 0.174. The predicted molar refractivity (Wildman–Crippen MR) is 81.4 cm³/mol. The van der Waals surface area contributed by atoms with Gasteiger partial charge in [0, 0.05) is 23.1 Å². The zero-order valence-corrected chi connectivity index (χ0v) is 13.2. The van der Waals surface area contributed by atoms with Crippen LogP contribution < -0.4 is 5.32 Å². The van der Waals surface area contributed by atoms with Crippen molar-refractivity contribution in [1.29, 1.82) is 0 Å². The van der Waals surface area contributed by atoms with Crippen molar-refractivity contribution in [2.45, 2.75) is 19.8 Å². The number of amides is 1. The third-order valence-electron chi connectivity index (χ3n) is 3.81. The molecular weight excluding hydrogens is 304 g/mol. The number of nitrogens with zero attached hydrogens (tertiary/aromatic N) is 1. The van der Waals surface area contributed by atoms with Crippen LogP contribution in [0.4, 0.5) is 0 Å². The molecule has 0 aliphatic carbocycles. The maximum Gasteiger partial charge on any atom is 0.254 e. The Morgan fingerprint density at radius 2 is 2.11 bits per heavy atom.